The van der Waals surface area contributed by atoms with E-state index in [2.05, 4.69) is 16.0 Å². The number of carbonyl (C=O) groups is 6. The molecule has 12 nitrogen and oxygen atoms in total. The molecule has 180 valence electrons. The van der Waals surface area contributed by atoms with Crippen LogP contribution in [0.15, 0.2) is 30.3 Å². The predicted octanol–water partition coefficient (Wildman–Crippen LogP) is -1.82. The van der Waals surface area contributed by atoms with E-state index in [1.54, 1.807) is 24.3 Å². The molecule has 1 aromatic rings. The van der Waals surface area contributed by atoms with Crippen molar-refractivity contribution >= 4 is 46.7 Å². The zero-order valence-corrected chi connectivity index (χ0v) is 18.8. The van der Waals surface area contributed by atoms with Gasteiger partial charge in [0.25, 0.3) is 0 Å². The van der Waals surface area contributed by atoms with Crippen LogP contribution in [0, 0.1) is 0 Å². The molecule has 0 heterocycles. The smallest absolute Gasteiger partial charge is 0.408 e. The zero-order chi connectivity index (χ0) is 25.0. The molecule has 13 heteroatoms. The lowest BCUT2D eigenvalue weighted by Crippen LogP contribution is -2.55. The van der Waals surface area contributed by atoms with Gasteiger partial charge in [-0.05, 0) is 19.4 Å². The van der Waals surface area contributed by atoms with Gasteiger partial charge < -0.3 is 36.3 Å². The molecule has 0 aliphatic heterocycles. The number of alkyl carbamates (subject to hydrolysis) is 1. The second-order valence-electron chi connectivity index (χ2n) is 6.86. The van der Waals surface area contributed by atoms with E-state index in [0.717, 1.165) is 5.56 Å². The van der Waals surface area contributed by atoms with Crippen LogP contribution in [-0.2, 0) is 35.3 Å². The van der Waals surface area contributed by atoms with Gasteiger partial charge in [0.05, 0.1) is 5.97 Å². The third kappa shape index (κ3) is 11.0. The molecule has 4 amide bonds. The van der Waals surface area contributed by atoms with Gasteiger partial charge in [-0.3, -0.25) is 19.2 Å². The third-order valence-electron chi connectivity index (χ3n) is 4.07. The van der Waals surface area contributed by atoms with Crippen molar-refractivity contribution in [2.45, 2.75) is 45.0 Å². The Hall–Kier alpha value is -3.61. The summed E-state index contributed by atoms with van der Waals surface area (Å²) in [5.74, 6) is -4.60. The molecule has 3 atom stereocenters. The Morgan fingerprint density at radius 3 is 2.12 bits per heavy atom. The van der Waals surface area contributed by atoms with E-state index < -0.39 is 65.2 Å². The SMILES string of the molecule is C[C@H](NC(=O)OCc1ccccc1)C(=O)N[C@@H](C)C(=O)NC(CC(=O)SCC(=O)[O-])C(N)=O. The van der Waals surface area contributed by atoms with Gasteiger partial charge in [-0.2, -0.15) is 0 Å². The number of carbonyl (C=O) groups excluding carboxylic acids is 6. The standard InChI is InChI=1S/C20H26N4O8S/c1-11(19(30)24-14(17(21)28)8-16(27)33-10-15(25)26)22-18(29)12(2)23-20(31)32-9-13-6-4-3-5-7-13/h3-7,11-12,14H,8-10H2,1-2H3,(H2,21,28)(H,22,29)(H,23,31)(H,24,30)(H,25,26)/p-1/t11-,12-,14?/m0/s1. The monoisotopic (exact) mass is 481 g/mol. The fourth-order valence-electron chi connectivity index (χ4n) is 2.30. The second-order valence-corrected chi connectivity index (χ2v) is 7.89. The van der Waals surface area contributed by atoms with Crippen molar-refractivity contribution in [3.63, 3.8) is 0 Å². The van der Waals surface area contributed by atoms with Crippen molar-refractivity contribution in [2.24, 2.45) is 5.73 Å². The number of ether oxygens (including phenoxy) is 1. The fraction of sp³-hybridized carbons (Fsp3) is 0.400. The summed E-state index contributed by atoms with van der Waals surface area (Å²) in [6, 6.07) is 5.31. The van der Waals surface area contributed by atoms with Crippen LogP contribution in [0.1, 0.15) is 25.8 Å². The molecular weight excluding hydrogens is 456 g/mol. The van der Waals surface area contributed by atoms with Crippen LogP contribution < -0.4 is 26.8 Å². The summed E-state index contributed by atoms with van der Waals surface area (Å²) in [6.07, 6.45) is -1.37. The molecule has 0 bridgehead atoms. The first-order valence-electron chi connectivity index (χ1n) is 9.72. The number of benzene rings is 1. The van der Waals surface area contributed by atoms with Crippen molar-refractivity contribution < 1.29 is 38.6 Å². The molecule has 0 aliphatic carbocycles. The number of carboxylic acid groups (broad SMARTS) is 1. The van der Waals surface area contributed by atoms with Gasteiger partial charge in [-0.25, -0.2) is 4.79 Å². The molecular formula is C20H25N4O8S-. The van der Waals surface area contributed by atoms with Crippen molar-refractivity contribution in [1.82, 2.24) is 16.0 Å². The molecule has 1 rings (SSSR count). The zero-order valence-electron chi connectivity index (χ0n) is 18.0. The van der Waals surface area contributed by atoms with E-state index >= 15 is 0 Å². The predicted molar refractivity (Wildman–Crippen MR) is 115 cm³/mol. The summed E-state index contributed by atoms with van der Waals surface area (Å²) in [4.78, 5) is 70.0. The highest BCUT2D eigenvalue weighted by Crippen LogP contribution is 2.07. The highest BCUT2D eigenvalue weighted by Gasteiger charge is 2.26. The van der Waals surface area contributed by atoms with Crippen molar-refractivity contribution in [3.8, 4) is 0 Å². The molecule has 0 spiro atoms. The maximum atomic E-state index is 12.3. The Balaban J connectivity index is 2.49. The summed E-state index contributed by atoms with van der Waals surface area (Å²) in [6.45, 7) is 2.70. The maximum Gasteiger partial charge on any atom is 0.408 e. The minimum atomic E-state index is -1.46. The number of carboxylic acids is 1. The summed E-state index contributed by atoms with van der Waals surface area (Å²) >= 11 is 0.407. The molecule has 1 unspecified atom stereocenters. The third-order valence-corrected chi connectivity index (χ3v) is 4.94. The Morgan fingerprint density at radius 1 is 0.970 bits per heavy atom. The Morgan fingerprint density at radius 2 is 1.55 bits per heavy atom. The van der Waals surface area contributed by atoms with Gasteiger partial charge in [0.2, 0.25) is 17.7 Å². The largest absolute Gasteiger partial charge is 0.549 e. The average molecular weight is 482 g/mol. The van der Waals surface area contributed by atoms with E-state index in [1.165, 1.54) is 13.8 Å². The van der Waals surface area contributed by atoms with Crippen LogP contribution in [0.3, 0.4) is 0 Å². The lowest BCUT2D eigenvalue weighted by atomic mass is 10.2. The average Bonchev–Trinajstić information content (AvgIpc) is 2.76. The van der Waals surface area contributed by atoms with Gasteiger partial charge in [0.15, 0.2) is 5.12 Å². The van der Waals surface area contributed by atoms with Crippen LogP contribution in [0.4, 0.5) is 4.79 Å². The van der Waals surface area contributed by atoms with E-state index in [-0.39, 0.29) is 6.61 Å². The van der Waals surface area contributed by atoms with Crippen LogP contribution in [0.2, 0.25) is 0 Å². The Labute approximate surface area is 194 Å². The Bertz CT molecular complexity index is 880. The molecule has 0 radical (unpaired) electrons. The van der Waals surface area contributed by atoms with Crippen LogP contribution in [-0.4, -0.2) is 58.8 Å². The number of rotatable bonds is 12. The minimum Gasteiger partial charge on any atom is -0.549 e. The summed E-state index contributed by atoms with van der Waals surface area (Å²) in [5.41, 5.74) is 5.93. The number of hydrogen-bond donors (Lipinski definition) is 4. The molecule has 0 fully saturated rings. The van der Waals surface area contributed by atoms with Gasteiger partial charge in [-0.1, -0.05) is 42.1 Å². The first kappa shape index (κ1) is 27.4. The maximum absolute atomic E-state index is 12.3. The van der Waals surface area contributed by atoms with Crippen LogP contribution in [0.5, 0.6) is 0 Å². The fourth-order valence-corrected chi connectivity index (χ4v) is 2.86. The molecule has 1 aromatic carbocycles. The van der Waals surface area contributed by atoms with E-state index in [4.69, 9.17) is 10.5 Å². The van der Waals surface area contributed by atoms with E-state index in [9.17, 15) is 33.9 Å². The summed E-state index contributed by atoms with van der Waals surface area (Å²) in [5, 5.41) is 16.6. The van der Waals surface area contributed by atoms with Crippen molar-refractivity contribution in [2.75, 3.05) is 5.75 Å². The quantitative estimate of drug-likeness (QED) is 0.265. The first-order valence-corrected chi connectivity index (χ1v) is 10.7. The molecule has 5 N–H and O–H groups in total. The number of amides is 4. The number of nitrogens with one attached hydrogen (secondary N) is 3. The second kappa shape index (κ2) is 13.7. The van der Waals surface area contributed by atoms with E-state index in [1.807, 2.05) is 6.07 Å². The highest BCUT2D eigenvalue weighted by atomic mass is 32.2. The van der Waals surface area contributed by atoms with Gasteiger partial charge in [-0.15, -0.1) is 0 Å². The van der Waals surface area contributed by atoms with Gasteiger partial charge in [0, 0.05) is 12.2 Å². The first-order chi connectivity index (χ1) is 15.5. The normalized spacial score (nSPS) is 13.0. The molecule has 33 heavy (non-hydrogen) atoms. The number of aliphatic carboxylic acids is 1. The minimum absolute atomic E-state index is 0.00824. The number of hydrogen-bond acceptors (Lipinski definition) is 9. The van der Waals surface area contributed by atoms with Gasteiger partial charge >= 0.3 is 6.09 Å². The van der Waals surface area contributed by atoms with Crippen LogP contribution in [0.25, 0.3) is 0 Å². The molecule has 0 saturated heterocycles. The van der Waals surface area contributed by atoms with Crippen molar-refractivity contribution in [1.29, 1.82) is 0 Å². The molecule has 0 saturated carbocycles. The lowest BCUT2D eigenvalue weighted by molar-refractivity contribution is -0.301. The molecule has 0 aromatic heterocycles. The molecule has 0 aliphatic rings. The van der Waals surface area contributed by atoms with E-state index in [0.29, 0.717) is 11.8 Å². The Kier molecular flexibility index (Phi) is 11.4. The number of nitrogens with two attached hydrogens (primary N) is 1. The summed E-state index contributed by atoms with van der Waals surface area (Å²) < 4.78 is 5.02. The number of thioether (sulfide) groups is 1. The highest BCUT2D eigenvalue weighted by molar-refractivity contribution is 8.14. The van der Waals surface area contributed by atoms with Crippen LogP contribution >= 0.6 is 11.8 Å². The topological polar surface area (TPSA) is 197 Å². The summed E-state index contributed by atoms with van der Waals surface area (Å²) in [7, 11) is 0. The van der Waals surface area contributed by atoms with Gasteiger partial charge in [0.1, 0.15) is 24.7 Å². The lowest BCUT2D eigenvalue weighted by Gasteiger charge is -2.20. The van der Waals surface area contributed by atoms with Crippen molar-refractivity contribution in [3.05, 3.63) is 35.9 Å². The number of primary amides is 1.